The first-order valence-corrected chi connectivity index (χ1v) is 5.71. The van der Waals surface area contributed by atoms with Gasteiger partial charge in [-0.2, -0.15) is 0 Å². The number of methoxy groups -OCH3 is 1. The molecule has 0 saturated heterocycles. The van der Waals surface area contributed by atoms with Crippen molar-refractivity contribution < 1.29 is 4.74 Å². The second-order valence-electron chi connectivity index (χ2n) is 3.85. The van der Waals surface area contributed by atoms with Gasteiger partial charge in [-0.1, -0.05) is 25.4 Å². The fourth-order valence-corrected chi connectivity index (χ4v) is 2.37. The van der Waals surface area contributed by atoms with E-state index in [-0.39, 0.29) is 5.41 Å². The summed E-state index contributed by atoms with van der Waals surface area (Å²) in [5.41, 5.74) is 0.107. The first-order valence-electron chi connectivity index (χ1n) is 4.52. The van der Waals surface area contributed by atoms with E-state index < -0.39 is 0 Å². The molecule has 14 heavy (non-hydrogen) atoms. The van der Waals surface area contributed by atoms with Crippen LogP contribution in [0.1, 0.15) is 18.7 Å². The van der Waals surface area contributed by atoms with Crippen molar-refractivity contribution in [1.82, 2.24) is 5.32 Å². The molecule has 0 aliphatic heterocycles. The minimum Gasteiger partial charge on any atom is -0.370 e. The SMILES string of the molecule is COCNCC(C)(C)c1ccc(Cl)s1. The van der Waals surface area contributed by atoms with E-state index in [1.165, 1.54) is 4.88 Å². The Morgan fingerprint density at radius 3 is 2.71 bits per heavy atom. The first kappa shape index (κ1) is 12.0. The fourth-order valence-electron chi connectivity index (χ4n) is 1.23. The second-order valence-corrected chi connectivity index (χ2v) is 5.56. The van der Waals surface area contributed by atoms with E-state index in [1.54, 1.807) is 18.4 Å². The molecular weight excluding hydrogens is 218 g/mol. The van der Waals surface area contributed by atoms with Gasteiger partial charge >= 0.3 is 0 Å². The zero-order valence-electron chi connectivity index (χ0n) is 8.76. The Morgan fingerprint density at radius 2 is 2.21 bits per heavy atom. The minimum absolute atomic E-state index is 0.107. The Kier molecular flexibility index (Phi) is 4.38. The Labute approximate surface area is 94.2 Å². The van der Waals surface area contributed by atoms with E-state index in [9.17, 15) is 0 Å². The van der Waals surface area contributed by atoms with Crippen LogP contribution in [0.4, 0.5) is 0 Å². The maximum Gasteiger partial charge on any atom is 0.0961 e. The number of hydrogen-bond donors (Lipinski definition) is 1. The number of hydrogen-bond acceptors (Lipinski definition) is 3. The lowest BCUT2D eigenvalue weighted by Crippen LogP contribution is -2.33. The summed E-state index contributed by atoms with van der Waals surface area (Å²) in [6.07, 6.45) is 0. The maximum absolute atomic E-state index is 5.90. The highest BCUT2D eigenvalue weighted by molar-refractivity contribution is 7.16. The molecule has 4 heteroatoms. The number of ether oxygens (including phenoxy) is 1. The highest BCUT2D eigenvalue weighted by Crippen LogP contribution is 2.31. The fraction of sp³-hybridized carbons (Fsp3) is 0.600. The topological polar surface area (TPSA) is 21.3 Å². The van der Waals surface area contributed by atoms with Crippen molar-refractivity contribution >= 4 is 22.9 Å². The number of rotatable bonds is 5. The molecule has 1 heterocycles. The van der Waals surface area contributed by atoms with Crippen LogP contribution < -0.4 is 5.32 Å². The molecule has 1 aromatic rings. The van der Waals surface area contributed by atoms with Gasteiger partial charge in [0.25, 0.3) is 0 Å². The van der Waals surface area contributed by atoms with Crippen LogP contribution in [-0.4, -0.2) is 20.4 Å². The molecule has 2 nitrogen and oxygen atoms in total. The smallest absolute Gasteiger partial charge is 0.0961 e. The van der Waals surface area contributed by atoms with E-state index in [0.717, 1.165) is 10.9 Å². The third kappa shape index (κ3) is 3.24. The molecule has 80 valence electrons. The van der Waals surface area contributed by atoms with E-state index in [0.29, 0.717) is 6.73 Å². The third-order valence-electron chi connectivity index (χ3n) is 2.05. The molecule has 0 amide bonds. The Morgan fingerprint density at radius 1 is 1.50 bits per heavy atom. The Hall–Kier alpha value is -0.0900. The molecule has 1 N–H and O–H groups in total. The first-order chi connectivity index (χ1) is 6.56. The summed E-state index contributed by atoms with van der Waals surface area (Å²) in [6.45, 7) is 5.86. The van der Waals surface area contributed by atoms with Crippen LogP contribution in [0, 0.1) is 0 Å². The summed E-state index contributed by atoms with van der Waals surface area (Å²) in [7, 11) is 1.68. The van der Waals surface area contributed by atoms with E-state index in [1.807, 2.05) is 6.07 Å². The number of halogens is 1. The van der Waals surface area contributed by atoms with Gasteiger partial charge < -0.3 is 4.74 Å². The van der Waals surface area contributed by atoms with Crippen LogP contribution in [0.15, 0.2) is 12.1 Å². The van der Waals surface area contributed by atoms with Crippen molar-refractivity contribution in [2.24, 2.45) is 0 Å². The Balaban J connectivity index is 2.56. The van der Waals surface area contributed by atoms with Crippen LogP contribution >= 0.6 is 22.9 Å². The van der Waals surface area contributed by atoms with Crippen LogP contribution in [0.2, 0.25) is 4.34 Å². The summed E-state index contributed by atoms with van der Waals surface area (Å²) in [5, 5.41) is 3.22. The Bertz CT molecular complexity index is 285. The number of thiophene rings is 1. The summed E-state index contributed by atoms with van der Waals surface area (Å²) in [4.78, 5) is 1.30. The van der Waals surface area contributed by atoms with Crippen LogP contribution in [0.3, 0.4) is 0 Å². The number of nitrogens with one attached hydrogen (secondary N) is 1. The molecule has 1 rings (SSSR count). The molecule has 0 fully saturated rings. The molecule has 0 aromatic carbocycles. The monoisotopic (exact) mass is 233 g/mol. The quantitative estimate of drug-likeness (QED) is 0.624. The van der Waals surface area contributed by atoms with Crippen molar-refractivity contribution in [1.29, 1.82) is 0 Å². The lowest BCUT2D eigenvalue weighted by Gasteiger charge is -2.23. The summed E-state index contributed by atoms with van der Waals surface area (Å²) >= 11 is 7.54. The van der Waals surface area contributed by atoms with Crippen molar-refractivity contribution in [3.8, 4) is 0 Å². The zero-order chi connectivity index (χ0) is 10.6. The zero-order valence-corrected chi connectivity index (χ0v) is 10.3. The van der Waals surface area contributed by atoms with E-state index in [2.05, 4.69) is 25.2 Å². The predicted molar refractivity (Wildman–Crippen MR) is 62.2 cm³/mol. The van der Waals surface area contributed by atoms with Gasteiger partial charge in [-0.3, -0.25) is 5.32 Å². The highest BCUT2D eigenvalue weighted by Gasteiger charge is 2.21. The second kappa shape index (κ2) is 5.12. The average Bonchev–Trinajstić information content (AvgIpc) is 2.53. The van der Waals surface area contributed by atoms with Gasteiger partial charge in [-0.05, 0) is 12.1 Å². The molecule has 0 unspecified atom stereocenters. The van der Waals surface area contributed by atoms with Crippen molar-refractivity contribution in [3.05, 3.63) is 21.3 Å². The van der Waals surface area contributed by atoms with Crippen LogP contribution in [-0.2, 0) is 10.2 Å². The molecular formula is C10H16ClNOS. The van der Waals surface area contributed by atoms with E-state index >= 15 is 0 Å². The summed E-state index contributed by atoms with van der Waals surface area (Å²) in [5.74, 6) is 0. The normalized spacial score (nSPS) is 12.0. The van der Waals surface area contributed by atoms with Gasteiger partial charge in [0.05, 0.1) is 11.1 Å². The summed E-state index contributed by atoms with van der Waals surface area (Å²) < 4.78 is 5.79. The van der Waals surface area contributed by atoms with Gasteiger partial charge in [0.15, 0.2) is 0 Å². The van der Waals surface area contributed by atoms with Gasteiger partial charge in [0.2, 0.25) is 0 Å². The molecule has 0 aliphatic carbocycles. The molecule has 0 aliphatic rings. The minimum atomic E-state index is 0.107. The molecule has 0 bridgehead atoms. The highest BCUT2D eigenvalue weighted by atomic mass is 35.5. The van der Waals surface area contributed by atoms with Gasteiger partial charge in [-0.15, -0.1) is 11.3 Å². The lowest BCUT2D eigenvalue weighted by atomic mass is 9.92. The standard InChI is InChI=1S/C10H16ClNOS/c1-10(2,6-12-7-13-3)8-4-5-9(11)14-8/h4-5,12H,6-7H2,1-3H3. The maximum atomic E-state index is 5.90. The van der Waals surface area contributed by atoms with Crippen LogP contribution in [0.25, 0.3) is 0 Å². The molecule has 0 spiro atoms. The lowest BCUT2D eigenvalue weighted by molar-refractivity contribution is 0.169. The molecule has 0 radical (unpaired) electrons. The van der Waals surface area contributed by atoms with Gasteiger partial charge in [0, 0.05) is 23.9 Å². The third-order valence-corrected chi connectivity index (χ3v) is 3.65. The van der Waals surface area contributed by atoms with E-state index in [4.69, 9.17) is 16.3 Å². The molecule has 1 aromatic heterocycles. The van der Waals surface area contributed by atoms with Crippen LogP contribution in [0.5, 0.6) is 0 Å². The predicted octanol–water partition coefficient (Wildman–Crippen LogP) is 2.87. The molecule has 0 atom stereocenters. The largest absolute Gasteiger partial charge is 0.370 e. The van der Waals surface area contributed by atoms with Gasteiger partial charge in [-0.25, -0.2) is 0 Å². The average molecular weight is 234 g/mol. The van der Waals surface area contributed by atoms with Crippen molar-refractivity contribution in [2.45, 2.75) is 19.3 Å². The van der Waals surface area contributed by atoms with Crippen molar-refractivity contribution in [3.63, 3.8) is 0 Å². The van der Waals surface area contributed by atoms with Crippen molar-refractivity contribution in [2.75, 3.05) is 20.4 Å². The molecule has 0 saturated carbocycles. The summed E-state index contributed by atoms with van der Waals surface area (Å²) in [6, 6.07) is 4.03. The van der Waals surface area contributed by atoms with Gasteiger partial charge in [0.1, 0.15) is 0 Å².